The Balaban J connectivity index is 2.26. The summed E-state index contributed by atoms with van der Waals surface area (Å²) in [5.41, 5.74) is 2.55. The molecule has 2 rings (SSSR count). The number of rotatable bonds is 7. The molecule has 0 bridgehead atoms. The quantitative estimate of drug-likeness (QED) is 0.733. The van der Waals surface area contributed by atoms with Gasteiger partial charge >= 0.3 is 0 Å². The number of aryl methyl sites for hydroxylation is 1. The van der Waals surface area contributed by atoms with E-state index in [0.29, 0.717) is 0 Å². The van der Waals surface area contributed by atoms with Crippen LogP contribution >= 0.6 is 22.6 Å². The highest BCUT2D eigenvalue weighted by atomic mass is 127. The molecule has 2 aromatic rings. The van der Waals surface area contributed by atoms with Crippen LogP contribution in [0.4, 0.5) is 0 Å². The van der Waals surface area contributed by atoms with E-state index in [-0.39, 0.29) is 6.04 Å². The Labute approximate surface area is 134 Å². The molecule has 1 aromatic carbocycles. The molecule has 0 spiro atoms. The molecule has 4 heteroatoms. The van der Waals surface area contributed by atoms with E-state index in [2.05, 4.69) is 77.3 Å². The first-order chi connectivity index (χ1) is 9.74. The van der Waals surface area contributed by atoms with E-state index in [1.165, 1.54) is 14.7 Å². The van der Waals surface area contributed by atoms with Crippen LogP contribution in [-0.2, 0) is 6.54 Å². The first-order valence-corrected chi connectivity index (χ1v) is 8.33. The van der Waals surface area contributed by atoms with Gasteiger partial charge in [-0.25, -0.2) is 0 Å². The summed E-state index contributed by atoms with van der Waals surface area (Å²) in [4.78, 5) is 0. The highest BCUT2D eigenvalue weighted by molar-refractivity contribution is 14.1. The zero-order chi connectivity index (χ0) is 14.4. The van der Waals surface area contributed by atoms with E-state index in [4.69, 9.17) is 0 Å². The van der Waals surface area contributed by atoms with Crippen LogP contribution < -0.4 is 5.32 Å². The Kier molecular flexibility index (Phi) is 6.04. The van der Waals surface area contributed by atoms with Crippen LogP contribution in [0.1, 0.15) is 43.9 Å². The predicted molar refractivity (Wildman–Crippen MR) is 91.8 cm³/mol. The molecule has 20 heavy (non-hydrogen) atoms. The van der Waals surface area contributed by atoms with Gasteiger partial charge in [-0.05, 0) is 59.7 Å². The summed E-state index contributed by atoms with van der Waals surface area (Å²) in [6.45, 7) is 6.36. The van der Waals surface area contributed by atoms with Gasteiger partial charge in [-0.3, -0.25) is 4.68 Å². The summed E-state index contributed by atoms with van der Waals surface area (Å²) >= 11 is 2.37. The minimum Gasteiger partial charge on any atom is -0.306 e. The summed E-state index contributed by atoms with van der Waals surface area (Å²) in [5.74, 6) is 0. The van der Waals surface area contributed by atoms with E-state index < -0.39 is 0 Å². The summed E-state index contributed by atoms with van der Waals surface area (Å²) in [5, 5.41) is 8.09. The van der Waals surface area contributed by atoms with E-state index in [0.717, 1.165) is 25.9 Å². The lowest BCUT2D eigenvalue weighted by atomic mass is 10.0. The van der Waals surface area contributed by atoms with E-state index in [1.807, 2.05) is 10.9 Å². The van der Waals surface area contributed by atoms with Gasteiger partial charge < -0.3 is 5.32 Å². The van der Waals surface area contributed by atoms with Gasteiger partial charge in [-0.2, -0.15) is 5.10 Å². The normalized spacial score (nSPS) is 12.6. The number of hydrogen-bond acceptors (Lipinski definition) is 2. The zero-order valence-corrected chi connectivity index (χ0v) is 14.3. The van der Waals surface area contributed by atoms with Gasteiger partial charge in [-0.1, -0.05) is 26.0 Å². The molecule has 0 radical (unpaired) electrons. The predicted octanol–water partition coefficient (Wildman–Crippen LogP) is 3.99. The highest BCUT2D eigenvalue weighted by Crippen LogP contribution is 2.23. The van der Waals surface area contributed by atoms with Crippen molar-refractivity contribution in [3.05, 3.63) is 51.4 Å². The van der Waals surface area contributed by atoms with Gasteiger partial charge in [0.1, 0.15) is 0 Å². The minimum absolute atomic E-state index is 0.232. The molecular weight excluding hydrogens is 361 g/mol. The molecule has 0 aliphatic carbocycles. The van der Waals surface area contributed by atoms with Crippen molar-refractivity contribution in [3.8, 4) is 0 Å². The molecule has 0 aliphatic rings. The van der Waals surface area contributed by atoms with Gasteiger partial charge in [0.15, 0.2) is 0 Å². The lowest BCUT2D eigenvalue weighted by molar-refractivity contribution is 0.588. The summed E-state index contributed by atoms with van der Waals surface area (Å²) in [7, 11) is 0. The second-order valence-electron chi connectivity index (χ2n) is 4.98. The van der Waals surface area contributed by atoms with Crippen LogP contribution in [0, 0.1) is 3.57 Å². The average Bonchev–Trinajstić information content (AvgIpc) is 2.88. The van der Waals surface area contributed by atoms with Crippen molar-refractivity contribution < 1.29 is 0 Å². The van der Waals surface area contributed by atoms with E-state index in [9.17, 15) is 0 Å². The second-order valence-corrected chi connectivity index (χ2v) is 6.22. The summed E-state index contributed by atoms with van der Waals surface area (Å²) in [6, 6.07) is 8.91. The van der Waals surface area contributed by atoms with E-state index >= 15 is 0 Å². The molecule has 1 atom stereocenters. The molecule has 1 heterocycles. The molecule has 108 valence electrons. The van der Waals surface area contributed by atoms with Gasteiger partial charge in [0.25, 0.3) is 0 Å². The molecule has 0 saturated carbocycles. The third-order valence-electron chi connectivity index (χ3n) is 3.22. The van der Waals surface area contributed by atoms with Crippen molar-refractivity contribution in [2.45, 2.75) is 39.3 Å². The number of nitrogens with zero attached hydrogens (tertiary/aromatic N) is 2. The first kappa shape index (κ1) is 15.5. The van der Waals surface area contributed by atoms with Gasteiger partial charge in [-0.15, -0.1) is 0 Å². The first-order valence-electron chi connectivity index (χ1n) is 7.25. The molecule has 1 unspecified atom stereocenters. The third-order valence-corrected chi connectivity index (χ3v) is 3.89. The molecule has 0 aliphatic heterocycles. The number of benzene rings is 1. The number of nitrogens with one attached hydrogen (secondary N) is 1. The molecule has 0 fully saturated rings. The highest BCUT2D eigenvalue weighted by Gasteiger charge is 2.15. The molecule has 1 N–H and O–H groups in total. The van der Waals surface area contributed by atoms with Gasteiger partial charge in [0.2, 0.25) is 0 Å². The van der Waals surface area contributed by atoms with Crippen LogP contribution in [-0.4, -0.2) is 16.3 Å². The summed E-state index contributed by atoms with van der Waals surface area (Å²) in [6.07, 6.45) is 6.39. The lowest BCUT2D eigenvalue weighted by Gasteiger charge is -2.18. The maximum absolute atomic E-state index is 4.46. The Morgan fingerprint density at radius 2 is 2.10 bits per heavy atom. The third kappa shape index (κ3) is 4.06. The van der Waals surface area contributed by atoms with Crippen molar-refractivity contribution in [2.75, 3.05) is 6.54 Å². The molecule has 3 nitrogen and oxygen atoms in total. The SMILES string of the molecule is CCCNC(c1cccc(I)c1)c1cnn(CCC)c1. The van der Waals surface area contributed by atoms with Crippen LogP contribution in [0.25, 0.3) is 0 Å². The van der Waals surface area contributed by atoms with E-state index in [1.54, 1.807) is 0 Å². The number of hydrogen-bond donors (Lipinski definition) is 1. The monoisotopic (exact) mass is 383 g/mol. The molecule has 0 saturated heterocycles. The van der Waals surface area contributed by atoms with Gasteiger partial charge in [0, 0.05) is 21.9 Å². The average molecular weight is 383 g/mol. The number of halogens is 1. The largest absolute Gasteiger partial charge is 0.306 e. The fourth-order valence-corrected chi connectivity index (χ4v) is 2.85. The molecular formula is C16H22IN3. The Morgan fingerprint density at radius 1 is 1.25 bits per heavy atom. The topological polar surface area (TPSA) is 29.9 Å². The fraction of sp³-hybridized carbons (Fsp3) is 0.438. The maximum Gasteiger partial charge on any atom is 0.0608 e. The van der Waals surface area contributed by atoms with Gasteiger partial charge in [0.05, 0.1) is 12.2 Å². The van der Waals surface area contributed by atoms with Crippen LogP contribution in [0.5, 0.6) is 0 Å². The van der Waals surface area contributed by atoms with Crippen LogP contribution in [0.2, 0.25) is 0 Å². The van der Waals surface area contributed by atoms with Crippen molar-refractivity contribution in [2.24, 2.45) is 0 Å². The fourth-order valence-electron chi connectivity index (χ4n) is 2.28. The van der Waals surface area contributed by atoms with Crippen molar-refractivity contribution >= 4 is 22.6 Å². The van der Waals surface area contributed by atoms with Crippen molar-refractivity contribution in [1.29, 1.82) is 0 Å². The van der Waals surface area contributed by atoms with Crippen LogP contribution in [0.15, 0.2) is 36.7 Å². The Morgan fingerprint density at radius 3 is 2.80 bits per heavy atom. The molecule has 1 aromatic heterocycles. The zero-order valence-electron chi connectivity index (χ0n) is 12.1. The lowest BCUT2D eigenvalue weighted by Crippen LogP contribution is -2.23. The maximum atomic E-state index is 4.46. The standard InChI is InChI=1S/C16H22IN3/c1-3-8-18-16(13-6-5-7-15(17)10-13)14-11-19-20(12-14)9-4-2/h5-7,10-12,16,18H,3-4,8-9H2,1-2H3. The number of aromatic nitrogens is 2. The second kappa shape index (κ2) is 7.78. The van der Waals surface area contributed by atoms with Crippen molar-refractivity contribution in [1.82, 2.24) is 15.1 Å². The Hall–Kier alpha value is -0.880. The van der Waals surface area contributed by atoms with Crippen LogP contribution in [0.3, 0.4) is 0 Å². The molecule has 0 amide bonds. The minimum atomic E-state index is 0.232. The summed E-state index contributed by atoms with van der Waals surface area (Å²) < 4.78 is 3.30. The smallest absolute Gasteiger partial charge is 0.0608 e. The Bertz CT molecular complexity index is 536. The van der Waals surface area contributed by atoms with Crippen molar-refractivity contribution in [3.63, 3.8) is 0 Å².